The molecular formula is C18H20BrNO5S. The van der Waals surface area contributed by atoms with Gasteiger partial charge < -0.3 is 14.2 Å². The summed E-state index contributed by atoms with van der Waals surface area (Å²) in [4.78, 5) is 0.0339. The first-order valence-electron chi connectivity index (χ1n) is 8.16. The number of methoxy groups -OCH3 is 1. The number of rotatable bonds is 6. The minimum absolute atomic E-state index is 0.0339. The van der Waals surface area contributed by atoms with Gasteiger partial charge >= 0.3 is 0 Å². The Balaban J connectivity index is 2.02. The Morgan fingerprint density at radius 2 is 2.04 bits per heavy atom. The molecule has 0 aromatic heterocycles. The molecule has 0 radical (unpaired) electrons. The molecule has 0 bridgehead atoms. The average Bonchev–Trinajstić information content (AvgIpc) is 2.94. The molecule has 26 heavy (non-hydrogen) atoms. The number of sulfonamides is 1. The van der Waals surface area contributed by atoms with Gasteiger partial charge in [0.25, 0.3) is 10.0 Å². The van der Waals surface area contributed by atoms with Crippen molar-refractivity contribution in [3.8, 4) is 17.2 Å². The Bertz CT molecular complexity index is 929. The minimum Gasteiger partial charge on any atom is -0.495 e. The van der Waals surface area contributed by atoms with E-state index in [1.807, 2.05) is 19.9 Å². The molecule has 3 rings (SSSR count). The van der Waals surface area contributed by atoms with E-state index in [0.717, 1.165) is 12.0 Å². The molecule has 1 aliphatic rings. The smallest absolute Gasteiger partial charge is 0.265 e. The molecule has 2 aromatic rings. The maximum absolute atomic E-state index is 12.9. The fourth-order valence-electron chi connectivity index (χ4n) is 2.85. The van der Waals surface area contributed by atoms with Gasteiger partial charge in [0.05, 0.1) is 19.4 Å². The second-order valence-corrected chi connectivity index (χ2v) is 8.49. The zero-order chi connectivity index (χ0) is 18.9. The zero-order valence-electron chi connectivity index (χ0n) is 14.7. The molecule has 140 valence electrons. The number of fused-ring (bicyclic) bond motifs is 1. The van der Waals surface area contributed by atoms with Crippen molar-refractivity contribution in [2.75, 3.05) is 18.4 Å². The Hall–Kier alpha value is -1.93. The summed E-state index contributed by atoms with van der Waals surface area (Å²) in [6, 6.07) is 8.31. The van der Waals surface area contributed by atoms with Gasteiger partial charge in [0.2, 0.25) is 0 Å². The molecule has 0 saturated carbocycles. The number of anilines is 1. The van der Waals surface area contributed by atoms with E-state index in [2.05, 4.69) is 20.7 Å². The second kappa shape index (κ2) is 7.36. The van der Waals surface area contributed by atoms with Crippen molar-refractivity contribution in [2.45, 2.75) is 31.3 Å². The summed E-state index contributed by atoms with van der Waals surface area (Å²) in [5.74, 6) is 1.39. The van der Waals surface area contributed by atoms with Crippen molar-refractivity contribution in [3.05, 3.63) is 40.4 Å². The molecule has 0 spiro atoms. The zero-order valence-corrected chi connectivity index (χ0v) is 17.1. The van der Waals surface area contributed by atoms with Crippen LogP contribution < -0.4 is 18.9 Å². The monoisotopic (exact) mass is 441 g/mol. The van der Waals surface area contributed by atoms with E-state index in [1.54, 1.807) is 18.2 Å². The van der Waals surface area contributed by atoms with Gasteiger partial charge in [-0.1, -0.05) is 15.9 Å². The Morgan fingerprint density at radius 3 is 2.73 bits per heavy atom. The molecule has 1 heterocycles. The molecule has 1 atom stereocenters. The first kappa shape index (κ1) is 18.8. The lowest BCUT2D eigenvalue weighted by Gasteiger charge is -2.16. The molecule has 0 aliphatic carbocycles. The number of nitrogens with one attached hydrogen (secondary N) is 1. The summed E-state index contributed by atoms with van der Waals surface area (Å²) in [6.45, 7) is 4.24. The van der Waals surface area contributed by atoms with Crippen LogP contribution in [0.2, 0.25) is 0 Å². The number of benzene rings is 2. The third-order valence-corrected chi connectivity index (χ3v) is 5.84. The van der Waals surface area contributed by atoms with E-state index in [4.69, 9.17) is 14.2 Å². The highest BCUT2D eigenvalue weighted by Gasteiger charge is 2.26. The lowest BCUT2D eigenvalue weighted by atomic mass is 10.1. The number of hydrogen-bond donors (Lipinski definition) is 1. The normalized spacial score (nSPS) is 15.9. The van der Waals surface area contributed by atoms with E-state index >= 15 is 0 Å². The maximum Gasteiger partial charge on any atom is 0.265 e. The molecule has 0 amide bonds. The maximum atomic E-state index is 12.9. The largest absolute Gasteiger partial charge is 0.495 e. The van der Waals surface area contributed by atoms with Crippen LogP contribution in [0.25, 0.3) is 0 Å². The van der Waals surface area contributed by atoms with Crippen molar-refractivity contribution < 1.29 is 22.6 Å². The molecule has 1 unspecified atom stereocenters. The van der Waals surface area contributed by atoms with Crippen LogP contribution in [0.4, 0.5) is 5.69 Å². The predicted molar refractivity (Wildman–Crippen MR) is 103 cm³/mol. The lowest BCUT2D eigenvalue weighted by molar-refractivity contribution is 0.254. The number of hydrogen-bond acceptors (Lipinski definition) is 5. The highest BCUT2D eigenvalue weighted by atomic mass is 79.9. The third kappa shape index (κ3) is 3.76. The van der Waals surface area contributed by atoms with Gasteiger partial charge in [0.15, 0.2) is 0 Å². The summed E-state index contributed by atoms with van der Waals surface area (Å²) < 4.78 is 45.7. The molecule has 0 fully saturated rings. The van der Waals surface area contributed by atoms with Gasteiger partial charge in [-0.3, -0.25) is 4.72 Å². The summed E-state index contributed by atoms with van der Waals surface area (Å²) >= 11 is 3.30. The Kier molecular flexibility index (Phi) is 5.34. The van der Waals surface area contributed by atoms with Gasteiger partial charge in [0.1, 0.15) is 28.2 Å². The van der Waals surface area contributed by atoms with Crippen molar-refractivity contribution in [3.63, 3.8) is 0 Å². The van der Waals surface area contributed by atoms with Gasteiger partial charge in [-0.05, 0) is 38.1 Å². The fourth-order valence-corrected chi connectivity index (χ4v) is 4.62. The summed E-state index contributed by atoms with van der Waals surface area (Å²) in [7, 11) is -2.46. The summed E-state index contributed by atoms with van der Waals surface area (Å²) in [5, 5.41) is 0. The SMILES string of the molecule is CCOc1cc2c(cc1NS(=O)(=O)c1cc(Br)ccc1OC)OC(C)C2. The van der Waals surface area contributed by atoms with Crippen molar-refractivity contribution in [1.82, 2.24) is 0 Å². The van der Waals surface area contributed by atoms with Crippen molar-refractivity contribution in [1.29, 1.82) is 0 Å². The Labute approximate surface area is 161 Å². The Morgan fingerprint density at radius 1 is 1.27 bits per heavy atom. The van der Waals surface area contributed by atoms with Gasteiger partial charge in [-0.15, -0.1) is 0 Å². The molecule has 1 aliphatic heterocycles. The van der Waals surface area contributed by atoms with Crippen LogP contribution in [0, 0.1) is 0 Å². The minimum atomic E-state index is -3.89. The highest BCUT2D eigenvalue weighted by molar-refractivity contribution is 9.10. The predicted octanol–water partition coefficient (Wildman–Crippen LogP) is 3.98. The van der Waals surface area contributed by atoms with Crippen LogP contribution in [0.1, 0.15) is 19.4 Å². The van der Waals surface area contributed by atoms with Gasteiger partial charge in [-0.2, -0.15) is 0 Å². The summed E-state index contributed by atoms with van der Waals surface area (Å²) in [5.41, 5.74) is 1.34. The molecular weight excluding hydrogens is 422 g/mol. The molecule has 2 aromatic carbocycles. The van der Waals surface area contributed by atoms with Crippen LogP contribution in [0.5, 0.6) is 17.2 Å². The number of halogens is 1. The van der Waals surface area contributed by atoms with Crippen LogP contribution in [0.15, 0.2) is 39.7 Å². The van der Waals surface area contributed by atoms with Crippen LogP contribution in [0.3, 0.4) is 0 Å². The standard InChI is InChI=1S/C18H20BrNO5S/c1-4-24-17-8-12-7-11(2)25-16(12)10-14(17)20-26(21,22)18-9-13(19)5-6-15(18)23-3/h5-6,8-11,20H,4,7H2,1-3H3. The average molecular weight is 442 g/mol. The summed E-state index contributed by atoms with van der Waals surface area (Å²) in [6.07, 6.45) is 0.818. The van der Waals surface area contributed by atoms with E-state index in [1.165, 1.54) is 13.2 Å². The third-order valence-electron chi connectivity index (χ3n) is 3.96. The molecule has 1 N–H and O–H groups in total. The van der Waals surface area contributed by atoms with E-state index in [9.17, 15) is 8.42 Å². The second-order valence-electron chi connectivity index (χ2n) is 5.92. The topological polar surface area (TPSA) is 73.9 Å². The molecule has 0 saturated heterocycles. The van der Waals surface area contributed by atoms with E-state index < -0.39 is 10.0 Å². The van der Waals surface area contributed by atoms with Gasteiger partial charge in [-0.25, -0.2) is 8.42 Å². The highest BCUT2D eigenvalue weighted by Crippen LogP contribution is 2.39. The van der Waals surface area contributed by atoms with Crippen molar-refractivity contribution >= 4 is 31.6 Å². The fraction of sp³-hybridized carbons (Fsp3) is 0.333. The molecule has 8 heteroatoms. The van der Waals surface area contributed by atoms with E-state index in [-0.39, 0.29) is 16.7 Å². The van der Waals surface area contributed by atoms with Gasteiger partial charge in [0, 0.05) is 22.5 Å². The van der Waals surface area contributed by atoms with Crippen LogP contribution in [-0.2, 0) is 16.4 Å². The van der Waals surface area contributed by atoms with Crippen molar-refractivity contribution in [2.24, 2.45) is 0 Å². The number of ether oxygens (including phenoxy) is 3. The molecule has 6 nitrogen and oxygen atoms in total. The first-order valence-corrected chi connectivity index (χ1v) is 10.4. The van der Waals surface area contributed by atoms with Crippen LogP contribution in [-0.4, -0.2) is 28.2 Å². The first-order chi connectivity index (χ1) is 12.3. The quantitative estimate of drug-likeness (QED) is 0.733. The van der Waals surface area contributed by atoms with Crippen LogP contribution >= 0.6 is 15.9 Å². The lowest BCUT2D eigenvalue weighted by Crippen LogP contribution is -2.15. The van der Waals surface area contributed by atoms with E-state index in [0.29, 0.717) is 28.3 Å².